The highest BCUT2D eigenvalue weighted by Gasteiger charge is 2.21. The van der Waals surface area contributed by atoms with Gasteiger partial charge in [0.25, 0.3) is 0 Å². The van der Waals surface area contributed by atoms with Gasteiger partial charge in [-0.3, -0.25) is 4.79 Å². The van der Waals surface area contributed by atoms with Crippen LogP contribution < -0.4 is 26.0 Å². The van der Waals surface area contributed by atoms with Gasteiger partial charge in [0.15, 0.2) is 11.6 Å². The first-order valence-electron chi connectivity index (χ1n) is 15.2. The molecule has 4 N–H and O–H groups in total. The van der Waals surface area contributed by atoms with Gasteiger partial charge in [0, 0.05) is 78.8 Å². The average Bonchev–Trinajstić information content (AvgIpc) is 3.74. The van der Waals surface area contributed by atoms with Gasteiger partial charge in [-0.2, -0.15) is 0 Å². The number of hydrogen-bond acceptors (Lipinski definition) is 8. The number of benzene rings is 2. The zero-order valence-corrected chi connectivity index (χ0v) is 26.8. The topological polar surface area (TPSA) is 109 Å². The minimum atomic E-state index is -0.445. The molecule has 46 heavy (non-hydrogen) atoms. The third kappa shape index (κ3) is 7.27. The summed E-state index contributed by atoms with van der Waals surface area (Å²) in [5.41, 5.74) is 4.60. The summed E-state index contributed by atoms with van der Waals surface area (Å²) in [4.78, 5) is 20.5. The van der Waals surface area contributed by atoms with E-state index in [9.17, 15) is 4.79 Å². The predicted molar refractivity (Wildman–Crippen MR) is 178 cm³/mol. The van der Waals surface area contributed by atoms with E-state index in [4.69, 9.17) is 37.7 Å². The Bertz CT molecular complexity index is 1720. The quantitative estimate of drug-likeness (QED) is 0.141. The molecule has 2 fully saturated rings. The summed E-state index contributed by atoms with van der Waals surface area (Å²) in [5, 5.41) is 13.6. The first-order chi connectivity index (χ1) is 22.4. The lowest BCUT2D eigenvalue weighted by molar-refractivity contribution is -0.119. The van der Waals surface area contributed by atoms with E-state index in [-0.39, 0.29) is 23.8 Å². The van der Waals surface area contributed by atoms with Gasteiger partial charge in [-0.25, -0.2) is 14.4 Å². The normalized spacial score (nSPS) is 17.7. The second-order valence-electron chi connectivity index (χ2n) is 11.3. The number of hydrogen-bond donors (Lipinski definition) is 4. The van der Waals surface area contributed by atoms with Crippen molar-refractivity contribution in [1.82, 2.24) is 25.9 Å². The molecule has 240 valence electrons. The van der Waals surface area contributed by atoms with Crippen LogP contribution in [0.1, 0.15) is 30.4 Å². The molecule has 0 radical (unpaired) electrons. The summed E-state index contributed by atoms with van der Waals surface area (Å²) in [6, 6.07) is 17.0. The number of carbonyl (C=O) groups is 1. The number of pyridine rings is 2. The van der Waals surface area contributed by atoms with E-state index >= 15 is 4.39 Å². The van der Waals surface area contributed by atoms with Crippen molar-refractivity contribution in [2.75, 3.05) is 32.2 Å². The molecule has 2 aliphatic heterocycles. The SMILES string of the molecule is COc1nc(-c2cccc(-c3cccc(Nc4nccc(CN[C@H]5CCOC5)c4F)c3Cl)c2Cl)ccc1CNC[C@@H]1CCC(=O)N1. The highest BCUT2D eigenvalue weighted by molar-refractivity contribution is 6.39. The second kappa shape index (κ2) is 14.7. The van der Waals surface area contributed by atoms with Crippen LogP contribution in [0.4, 0.5) is 15.9 Å². The molecule has 6 rings (SSSR count). The van der Waals surface area contributed by atoms with Crippen LogP contribution in [0.15, 0.2) is 60.8 Å². The summed E-state index contributed by atoms with van der Waals surface area (Å²) in [7, 11) is 1.58. The fourth-order valence-corrected chi connectivity index (χ4v) is 6.30. The molecule has 0 unspecified atom stereocenters. The number of nitrogens with zero attached hydrogens (tertiary/aromatic N) is 2. The Kier molecular flexibility index (Phi) is 10.3. The van der Waals surface area contributed by atoms with Crippen LogP contribution in [0.5, 0.6) is 5.88 Å². The summed E-state index contributed by atoms with van der Waals surface area (Å²) >= 11 is 13.9. The lowest BCUT2D eigenvalue weighted by Gasteiger charge is -2.16. The van der Waals surface area contributed by atoms with E-state index < -0.39 is 5.82 Å². The van der Waals surface area contributed by atoms with Crippen LogP contribution in [-0.2, 0) is 22.6 Å². The summed E-state index contributed by atoms with van der Waals surface area (Å²) in [5.74, 6) is 0.211. The van der Waals surface area contributed by atoms with Gasteiger partial charge in [-0.1, -0.05) is 59.6 Å². The van der Waals surface area contributed by atoms with Crippen LogP contribution in [-0.4, -0.2) is 54.8 Å². The number of halogens is 3. The molecule has 2 atom stereocenters. The zero-order chi connectivity index (χ0) is 32.0. The monoisotopic (exact) mass is 664 g/mol. The third-order valence-corrected chi connectivity index (χ3v) is 9.03. The summed E-state index contributed by atoms with van der Waals surface area (Å²) in [6.45, 7) is 2.91. The van der Waals surface area contributed by atoms with E-state index in [0.29, 0.717) is 88.8 Å². The maximum Gasteiger partial charge on any atom is 0.220 e. The maximum absolute atomic E-state index is 15.4. The molecule has 0 spiro atoms. The molecule has 2 aromatic heterocycles. The number of methoxy groups -OCH3 is 1. The van der Waals surface area contributed by atoms with Gasteiger partial charge >= 0.3 is 0 Å². The molecule has 2 aromatic carbocycles. The van der Waals surface area contributed by atoms with Crippen molar-refractivity contribution >= 4 is 40.6 Å². The number of anilines is 2. The first kappa shape index (κ1) is 32.2. The molecule has 12 heteroatoms. The molecule has 2 aliphatic rings. The largest absolute Gasteiger partial charge is 0.481 e. The van der Waals surface area contributed by atoms with Crippen molar-refractivity contribution in [2.45, 2.75) is 44.4 Å². The summed E-state index contributed by atoms with van der Waals surface area (Å²) < 4.78 is 26.5. The Hall–Kier alpha value is -3.80. The van der Waals surface area contributed by atoms with E-state index in [1.54, 1.807) is 25.4 Å². The minimum absolute atomic E-state index is 0.0831. The Morgan fingerprint density at radius 2 is 1.80 bits per heavy atom. The Morgan fingerprint density at radius 1 is 1.00 bits per heavy atom. The van der Waals surface area contributed by atoms with E-state index in [0.717, 1.165) is 18.4 Å². The molecule has 4 heterocycles. The predicted octanol–water partition coefficient (Wildman–Crippen LogP) is 6.26. The van der Waals surface area contributed by atoms with Crippen LogP contribution >= 0.6 is 23.2 Å². The van der Waals surface area contributed by atoms with E-state index in [1.807, 2.05) is 42.5 Å². The number of amides is 1. The highest BCUT2D eigenvalue weighted by Crippen LogP contribution is 2.42. The van der Waals surface area contributed by atoms with Crippen molar-refractivity contribution in [3.8, 4) is 28.3 Å². The molecular formula is C34H35Cl2FN6O3. The van der Waals surface area contributed by atoms with Gasteiger partial charge < -0.3 is 30.7 Å². The number of aromatic nitrogens is 2. The molecule has 2 saturated heterocycles. The number of rotatable bonds is 12. The van der Waals surface area contributed by atoms with Gasteiger partial charge in [0.05, 0.1) is 35.1 Å². The smallest absolute Gasteiger partial charge is 0.220 e. The van der Waals surface area contributed by atoms with Gasteiger partial charge in [0.2, 0.25) is 11.8 Å². The van der Waals surface area contributed by atoms with Crippen LogP contribution in [0, 0.1) is 5.82 Å². The van der Waals surface area contributed by atoms with Crippen molar-refractivity contribution < 1.29 is 18.7 Å². The minimum Gasteiger partial charge on any atom is -0.481 e. The standard InChI is InChI=1S/C34H35Cl2FN6O3/c1-45-34-21(16-38-18-22-9-11-29(44)41-22)8-10-27(43-34)26-6-2-4-24(30(26)35)25-5-3-7-28(31(25)36)42-33-32(37)20(12-14-39-33)17-40-23-13-15-46-19-23/h2-8,10,12,14,22-23,38,40H,9,11,13,15-19H2,1H3,(H,39,42)(H,41,44)/t22-,23-/m0/s1. The van der Waals surface area contributed by atoms with E-state index in [2.05, 4.69) is 26.3 Å². The van der Waals surface area contributed by atoms with Crippen molar-refractivity contribution in [3.63, 3.8) is 0 Å². The van der Waals surface area contributed by atoms with Gasteiger partial charge in [0.1, 0.15) is 0 Å². The number of ether oxygens (including phenoxy) is 2. The average molecular weight is 666 g/mol. The summed E-state index contributed by atoms with van der Waals surface area (Å²) in [6.07, 6.45) is 3.87. The van der Waals surface area contributed by atoms with E-state index in [1.165, 1.54) is 0 Å². The number of carbonyl (C=O) groups excluding carboxylic acids is 1. The Morgan fingerprint density at radius 3 is 2.57 bits per heavy atom. The molecule has 0 bridgehead atoms. The fraction of sp³-hybridized carbons (Fsp3) is 0.324. The molecule has 1 amide bonds. The fourth-order valence-electron chi connectivity index (χ4n) is 5.70. The van der Waals surface area contributed by atoms with Gasteiger partial charge in [-0.05, 0) is 31.0 Å². The Labute approximate surface area is 277 Å². The van der Waals surface area contributed by atoms with Crippen LogP contribution in [0.3, 0.4) is 0 Å². The zero-order valence-electron chi connectivity index (χ0n) is 25.3. The number of nitrogens with one attached hydrogen (secondary N) is 4. The molecule has 9 nitrogen and oxygen atoms in total. The maximum atomic E-state index is 15.4. The van der Waals surface area contributed by atoms with Gasteiger partial charge in [-0.15, -0.1) is 0 Å². The lowest BCUT2D eigenvalue weighted by atomic mass is 10.00. The molecule has 0 saturated carbocycles. The molecule has 4 aromatic rings. The molecule has 0 aliphatic carbocycles. The first-order valence-corrected chi connectivity index (χ1v) is 16.0. The van der Waals surface area contributed by atoms with Crippen LogP contribution in [0.2, 0.25) is 10.0 Å². The lowest BCUT2D eigenvalue weighted by Crippen LogP contribution is -2.35. The second-order valence-corrected chi connectivity index (χ2v) is 12.1. The van der Waals surface area contributed by atoms with Crippen molar-refractivity contribution in [2.24, 2.45) is 0 Å². The Balaban J connectivity index is 1.20. The third-order valence-electron chi connectivity index (χ3n) is 8.22. The van der Waals surface area contributed by atoms with Crippen LogP contribution in [0.25, 0.3) is 22.4 Å². The van der Waals surface area contributed by atoms with Crippen molar-refractivity contribution in [1.29, 1.82) is 0 Å². The molecular weight excluding hydrogens is 630 g/mol. The van der Waals surface area contributed by atoms with Crippen molar-refractivity contribution in [3.05, 3.63) is 87.8 Å². The highest BCUT2D eigenvalue weighted by atomic mass is 35.5.